The molecule has 1 heterocycles. The lowest BCUT2D eigenvalue weighted by Gasteiger charge is -2.21. The summed E-state index contributed by atoms with van der Waals surface area (Å²) in [7, 11) is 4.05. The molecule has 0 aliphatic heterocycles. The second-order valence-electron chi connectivity index (χ2n) is 4.58. The van der Waals surface area contributed by atoms with Crippen LogP contribution in [0.15, 0.2) is 24.3 Å². The number of aryl methyl sites for hydroxylation is 1. The lowest BCUT2D eigenvalue weighted by molar-refractivity contribution is 0.769. The van der Waals surface area contributed by atoms with Crippen LogP contribution in [0, 0.1) is 6.92 Å². The van der Waals surface area contributed by atoms with Gasteiger partial charge in [-0.25, -0.2) is 0 Å². The Balaban J connectivity index is 2.50. The van der Waals surface area contributed by atoms with Gasteiger partial charge in [0, 0.05) is 42.6 Å². The average Bonchev–Trinajstić information content (AvgIpc) is 2.35. The van der Waals surface area contributed by atoms with Crippen molar-refractivity contribution < 1.29 is 0 Å². The summed E-state index contributed by atoms with van der Waals surface area (Å²) in [5, 5.41) is 4.27. The average molecular weight is 244 g/mol. The molecule has 0 saturated heterocycles. The number of hydrogen-bond donors (Lipinski definition) is 2. The van der Waals surface area contributed by atoms with E-state index in [0.29, 0.717) is 0 Å². The lowest BCUT2D eigenvalue weighted by atomic mass is 10.1. The van der Waals surface area contributed by atoms with Gasteiger partial charge in [-0.2, -0.15) is 0 Å². The molecule has 0 aliphatic rings. The van der Waals surface area contributed by atoms with Crippen molar-refractivity contribution >= 4 is 22.3 Å². The van der Waals surface area contributed by atoms with Crippen molar-refractivity contribution in [2.45, 2.75) is 6.92 Å². The quantitative estimate of drug-likeness (QED) is 0.805. The summed E-state index contributed by atoms with van der Waals surface area (Å²) in [5.41, 5.74) is 9.85. The van der Waals surface area contributed by atoms with Crippen molar-refractivity contribution in [2.75, 3.05) is 37.8 Å². The highest BCUT2D eigenvalue weighted by Gasteiger charge is 2.08. The first-order chi connectivity index (χ1) is 8.61. The van der Waals surface area contributed by atoms with Crippen molar-refractivity contribution in [3.05, 3.63) is 30.0 Å². The number of likely N-dealkylation sites (N-methyl/N-ethyl adjacent to an activating group) is 2. The number of benzene rings is 1. The van der Waals surface area contributed by atoms with Gasteiger partial charge in [0.2, 0.25) is 0 Å². The van der Waals surface area contributed by atoms with Gasteiger partial charge in [0.05, 0.1) is 5.52 Å². The standard InChI is InChI=1S/C14H20N4/c1-10-8-14(18(3)7-6-16-2)12-9-11(15)4-5-13(12)17-10/h4-5,8-9,16H,6-7,15H2,1-3H3. The minimum Gasteiger partial charge on any atom is -0.399 e. The molecule has 4 nitrogen and oxygen atoms in total. The fourth-order valence-electron chi connectivity index (χ4n) is 2.07. The molecule has 4 heteroatoms. The molecule has 18 heavy (non-hydrogen) atoms. The Kier molecular flexibility index (Phi) is 3.67. The van der Waals surface area contributed by atoms with Crippen molar-refractivity contribution in [3.63, 3.8) is 0 Å². The number of nitrogen functional groups attached to an aromatic ring is 1. The first-order valence-corrected chi connectivity index (χ1v) is 6.14. The third kappa shape index (κ3) is 2.54. The highest BCUT2D eigenvalue weighted by molar-refractivity contribution is 5.93. The minimum absolute atomic E-state index is 0.774. The second kappa shape index (κ2) is 5.23. The van der Waals surface area contributed by atoms with Crippen LogP contribution in [0.5, 0.6) is 0 Å². The summed E-state index contributed by atoms with van der Waals surface area (Å²) in [4.78, 5) is 6.77. The van der Waals surface area contributed by atoms with Gasteiger partial charge in [0.15, 0.2) is 0 Å². The molecule has 0 saturated carbocycles. The molecule has 0 unspecified atom stereocenters. The zero-order valence-electron chi connectivity index (χ0n) is 11.2. The molecule has 3 N–H and O–H groups in total. The summed E-state index contributed by atoms with van der Waals surface area (Å²) in [5.74, 6) is 0. The molecule has 2 aromatic rings. The molecule has 0 amide bonds. The molecule has 0 atom stereocenters. The lowest BCUT2D eigenvalue weighted by Crippen LogP contribution is -2.27. The Bertz CT molecular complexity index is 551. The topological polar surface area (TPSA) is 54.2 Å². The molecule has 0 spiro atoms. The van der Waals surface area contributed by atoms with Crippen molar-refractivity contribution in [3.8, 4) is 0 Å². The summed E-state index contributed by atoms with van der Waals surface area (Å²) in [6, 6.07) is 7.98. The minimum atomic E-state index is 0.774. The molecule has 1 aromatic carbocycles. The number of anilines is 2. The van der Waals surface area contributed by atoms with E-state index in [4.69, 9.17) is 5.73 Å². The van der Waals surface area contributed by atoms with Crippen LogP contribution in [-0.2, 0) is 0 Å². The Morgan fingerprint density at radius 2 is 2.11 bits per heavy atom. The zero-order valence-corrected chi connectivity index (χ0v) is 11.2. The number of nitrogens with zero attached hydrogens (tertiary/aromatic N) is 2. The van der Waals surface area contributed by atoms with Crippen LogP contribution >= 0.6 is 0 Å². The summed E-state index contributed by atoms with van der Waals surface area (Å²) in [6.07, 6.45) is 0. The highest BCUT2D eigenvalue weighted by Crippen LogP contribution is 2.27. The van der Waals surface area contributed by atoms with E-state index in [9.17, 15) is 0 Å². The Morgan fingerprint density at radius 1 is 1.33 bits per heavy atom. The van der Waals surface area contributed by atoms with E-state index in [0.717, 1.165) is 35.4 Å². The summed E-state index contributed by atoms with van der Waals surface area (Å²) in [6.45, 7) is 3.91. The van der Waals surface area contributed by atoms with Crippen molar-refractivity contribution in [1.82, 2.24) is 10.3 Å². The van der Waals surface area contributed by atoms with Crippen molar-refractivity contribution in [1.29, 1.82) is 0 Å². The van der Waals surface area contributed by atoms with Gasteiger partial charge in [-0.05, 0) is 38.2 Å². The van der Waals surface area contributed by atoms with E-state index in [1.165, 1.54) is 5.69 Å². The predicted molar refractivity (Wildman–Crippen MR) is 78.1 cm³/mol. The van der Waals surface area contributed by atoms with Gasteiger partial charge in [-0.1, -0.05) is 0 Å². The monoisotopic (exact) mass is 244 g/mol. The smallest absolute Gasteiger partial charge is 0.0727 e. The highest BCUT2D eigenvalue weighted by atomic mass is 15.1. The third-order valence-electron chi connectivity index (χ3n) is 3.05. The first kappa shape index (κ1) is 12.6. The molecular weight excluding hydrogens is 224 g/mol. The molecule has 0 radical (unpaired) electrons. The van der Waals surface area contributed by atoms with E-state index < -0.39 is 0 Å². The fraction of sp³-hybridized carbons (Fsp3) is 0.357. The normalized spacial score (nSPS) is 10.8. The molecule has 0 aliphatic carbocycles. The third-order valence-corrected chi connectivity index (χ3v) is 3.05. The van der Waals surface area contributed by atoms with Crippen LogP contribution in [0.3, 0.4) is 0 Å². The molecule has 96 valence electrons. The number of hydrogen-bond acceptors (Lipinski definition) is 4. The summed E-state index contributed by atoms with van der Waals surface area (Å²) < 4.78 is 0. The van der Waals surface area contributed by atoms with Crippen LogP contribution < -0.4 is 16.0 Å². The van der Waals surface area contributed by atoms with Crippen LogP contribution in [0.1, 0.15) is 5.69 Å². The summed E-state index contributed by atoms with van der Waals surface area (Å²) >= 11 is 0. The maximum Gasteiger partial charge on any atom is 0.0727 e. The van der Waals surface area contributed by atoms with Crippen LogP contribution in [0.25, 0.3) is 10.9 Å². The first-order valence-electron chi connectivity index (χ1n) is 6.14. The van der Waals surface area contributed by atoms with Gasteiger partial charge >= 0.3 is 0 Å². The van der Waals surface area contributed by atoms with Gasteiger partial charge in [0.25, 0.3) is 0 Å². The van der Waals surface area contributed by atoms with Crippen LogP contribution in [-0.4, -0.2) is 32.2 Å². The Morgan fingerprint density at radius 3 is 2.83 bits per heavy atom. The Hall–Kier alpha value is -1.81. The number of pyridine rings is 1. The van der Waals surface area contributed by atoms with E-state index in [1.807, 2.05) is 32.2 Å². The van der Waals surface area contributed by atoms with Gasteiger partial charge < -0.3 is 16.0 Å². The van der Waals surface area contributed by atoms with E-state index in [-0.39, 0.29) is 0 Å². The Labute approximate surface area is 108 Å². The zero-order chi connectivity index (χ0) is 13.1. The number of rotatable bonds is 4. The predicted octanol–water partition coefficient (Wildman–Crippen LogP) is 1.78. The SMILES string of the molecule is CNCCN(C)c1cc(C)nc2ccc(N)cc12. The van der Waals surface area contributed by atoms with E-state index >= 15 is 0 Å². The molecule has 0 bridgehead atoms. The van der Waals surface area contributed by atoms with Crippen LogP contribution in [0.2, 0.25) is 0 Å². The second-order valence-corrected chi connectivity index (χ2v) is 4.58. The maximum absolute atomic E-state index is 5.87. The molecule has 0 fully saturated rings. The number of fused-ring (bicyclic) bond motifs is 1. The van der Waals surface area contributed by atoms with Gasteiger partial charge in [-0.15, -0.1) is 0 Å². The maximum atomic E-state index is 5.87. The van der Waals surface area contributed by atoms with Gasteiger partial charge in [-0.3, -0.25) is 4.98 Å². The number of nitrogens with one attached hydrogen (secondary N) is 1. The molecule has 1 aromatic heterocycles. The molecular formula is C14H20N4. The fourth-order valence-corrected chi connectivity index (χ4v) is 2.07. The molecule has 2 rings (SSSR count). The largest absolute Gasteiger partial charge is 0.399 e. The van der Waals surface area contributed by atoms with E-state index in [2.05, 4.69) is 28.3 Å². The van der Waals surface area contributed by atoms with Gasteiger partial charge in [0.1, 0.15) is 0 Å². The van der Waals surface area contributed by atoms with E-state index in [1.54, 1.807) is 0 Å². The van der Waals surface area contributed by atoms with Crippen LogP contribution in [0.4, 0.5) is 11.4 Å². The number of aromatic nitrogens is 1. The number of nitrogens with two attached hydrogens (primary N) is 1. The van der Waals surface area contributed by atoms with Crippen molar-refractivity contribution in [2.24, 2.45) is 0 Å².